The van der Waals surface area contributed by atoms with Crippen LogP contribution in [-0.4, -0.2) is 37.4 Å². The number of carbonyl (C=O) groups is 2. The van der Waals surface area contributed by atoms with Crippen LogP contribution in [0.2, 0.25) is 0 Å². The smallest absolute Gasteiger partial charge is 0.338 e. The predicted octanol–water partition coefficient (Wildman–Crippen LogP) is 2.38. The summed E-state index contributed by atoms with van der Waals surface area (Å²) in [7, 11) is 2.80. The zero-order chi connectivity index (χ0) is 19.4. The van der Waals surface area contributed by atoms with E-state index >= 15 is 0 Å². The van der Waals surface area contributed by atoms with Gasteiger partial charge in [0.25, 0.3) is 0 Å². The first kappa shape index (κ1) is 19.4. The van der Waals surface area contributed by atoms with Gasteiger partial charge in [-0.2, -0.15) is 0 Å². The van der Waals surface area contributed by atoms with E-state index in [-0.39, 0.29) is 28.9 Å². The number of phenols is 1. The Morgan fingerprint density at radius 3 is 2.35 bits per heavy atom. The Morgan fingerprint density at radius 2 is 1.85 bits per heavy atom. The number of ether oxygens (including phenoxy) is 3. The molecule has 0 aromatic heterocycles. The lowest BCUT2D eigenvalue weighted by molar-refractivity contribution is -0.144. The van der Waals surface area contributed by atoms with Crippen molar-refractivity contribution in [3.8, 4) is 17.2 Å². The standard InChI is InChI=1S/C18H24N2O6/c1-6-9(2)26-17(22)14-10(3)19-18(23)20-15(14)11-7-12(24-4)16(21)13(8-11)25-5/h7-9,15,21H,6H2,1-5H3,(H2,19,20,23)/t9-,15-/m1/s1. The molecule has 0 bridgehead atoms. The molecular formula is C18H24N2O6. The molecule has 0 saturated carbocycles. The van der Waals surface area contributed by atoms with Crippen LogP contribution < -0.4 is 20.1 Å². The summed E-state index contributed by atoms with van der Waals surface area (Å²) < 4.78 is 15.8. The number of benzene rings is 1. The van der Waals surface area contributed by atoms with Crippen LogP contribution in [0.25, 0.3) is 0 Å². The van der Waals surface area contributed by atoms with Crippen molar-refractivity contribution >= 4 is 12.0 Å². The third kappa shape index (κ3) is 3.84. The van der Waals surface area contributed by atoms with Gasteiger partial charge in [0.1, 0.15) is 0 Å². The summed E-state index contributed by atoms with van der Waals surface area (Å²) in [5.41, 5.74) is 1.19. The van der Waals surface area contributed by atoms with Gasteiger partial charge in [-0.1, -0.05) is 6.92 Å². The Balaban J connectivity index is 2.52. The molecule has 8 nitrogen and oxygen atoms in total. The van der Waals surface area contributed by atoms with E-state index in [4.69, 9.17) is 14.2 Å². The molecule has 142 valence electrons. The van der Waals surface area contributed by atoms with Gasteiger partial charge in [-0.3, -0.25) is 0 Å². The maximum atomic E-state index is 12.7. The lowest BCUT2D eigenvalue weighted by Crippen LogP contribution is -2.45. The second kappa shape index (κ2) is 7.99. The van der Waals surface area contributed by atoms with Gasteiger partial charge in [-0.25, -0.2) is 9.59 Å². The second-order valence-electron chi connectivity index (χ2n) is 5.97. The second-order valence-corrected chi connectivity index (χ2v) is 5.97. The summed E-state index contributed by atoms with van der Waals surface area (Å²) in [5.74, 6) is -0.359. The number of amides is 2. The summed E-state index contributed by atoms with van der Waals surface area (Å²) in [6.07, 6.45) is 0.411. The molecule has 0 aliphatic carbocycles. The maximum absolute atomic E-state index is 12.7. The van der Waals surface area contributed by atoms with Crippen LogP contribution in [0.5, 0.6) is 17.2 Å². The summed E-state index contributed by atoms with van der Waals surface area (Å²) in [6, 6.07) is 1.86. The SMILES string of the molecule is CC[C@@H](C)OC(=O)C1=C(C)NC(=O)N[C@@H]1c1cc(OC)c(O)c(OC)c1. The molecule has 1 aromatic rings. The molecule has 26 heavy (non-hydrogen) atoms. The molecule has 1 heterocycles. The van der Waals surface area contributed by atoms with Crippen molar-refractivity contribution in [1.29, 1.82) is 0 Å². The highest BCUT2D eigenvalue weighted by Crippen LogP contribution is 2.40. The van der Waals surface area contributed by atoms with Crippen LogP contribution in [0.3, 0.4) is 0 Å². The molecular weight excluding hydrogens is 340 g/mol. The van der Waals surface area contributed by atoms with Crippen LogP contribution in [0, 0.1) is 0 Å². The van der Waals surface area contributed by atoms with Crippen molar-refractivity contribution in [3.63, 3.8) is 0 Å². The maximum Gasteiger partial charge on any atom is 0.338 e. The molecule has 0 radical (unpaired) electrons. The van der Waals surface area contributed by atoms with Crippen molar-refractivity contribution in [3.05, 3.63) is 29.0 Å². The first-order valence-electron chi connectivity index (χ1n) is 8.26. The number of allylic oxidation sites excluding steroid dienone is 1. The Bertz CT molecular complexity index is 718. The Hall–Kier alpha value is -2.90. The van der Waals surface area contributed by atoms with Gasteiger partial charge in [-0.05, 0) is 38.0 Å². The van der Waals surface area contributed by atoms with E-state index in [1.54, 1.807) is 13.8 Å². The number of rotatable bonds is 6. The number of carbonyl (C=O) groups excluding carboxylic acids is 2. The average molecular weight is 364 g/mol. The fourth-order valence-electron chi connectivity index (χ4n) is 2.62. The van der Waals surface area contributed by atoms with Gasteiger partial charge < -0.3 is 30.0 Å². The third-order valence-electron chi connectivity index (χ3n) is 4.21. The van der Waals surface area contributed by atoms with Crippen LogP contribution in [0.1, 0.15) is 38.8 Å². The van der Waals surface area contributed by atoms with Crippen molar-refractivity contribution in [2.75, 3.05) is 14.2 Å². The normalized spacial score (nSPS) is 17.9. The van der Waals surface area contributed by atoms with Crippen molar-refractivity contribution in [2.24, 2.45) is 0 Å². The van der Waals surface area contributed by atoms with Crippen LogP contribution in [-0.2, 0) is 9.53 Å². The van der Waals surface area contributed by atoms with E-state index in [2.05, 4.69) is 10.6 Å². The van der Waals surface area contributed by atoms with Gasteiger partial charge in [0.15, 0.2) is 11.5 Å². The molecule has 0 saturated heterocycles. The minimum absolute atomic E-state index is 0.163. The monoisotopic (exact) mass is 364 g/mol. The lowest BCUT2D eigenvalue weighted by atomic mass is 9.95. The zero-order valence-corrected chi connectivity index (χ0v) is 15.5. The highest BCUT2D eigenvalue weighted by Gasteiger charge is 2.34. The summed E-state index contributed by atoms with van der Waals surface area (Å²) in [5, 5.41) is 15.4. The highest BCUT2D eigenvalue weighted by atomic mass is 16.5. The fraction of sp³-hybridized carbons (Fsp3) is 0.444. The molecule has 0 unspecified atom stereocenters. The van der Waals surface area contributed by atoms with E-state index in [9.17, 15) is 14.7 Å². The van der Waals surface area contributed by atoms with Crippen molar-refractivity contribution in [2.45, 2.75) is 39.3 Å². The number of hydrogen-bond acceptors (Lipinski definition) is 6. The number of hydrogen-bond donors (Lipinski definition) is 3. The topological polar surface area (TPSA) is 106 Å². The molecule has 0 fully saturated rings. The minimum Gasteiger partial charge on any atom is -0.502 e. The molecule has 1 aromatic carbocycles. The average Bonchev–Trinajstić information content (AvgIpc) is 2.60. The van der Waals surface area contributed by atoms with Gasteiger partial charge in [0, 0.05) is 5.70 Å². The lowest BCUT2D eigenvalue weighted by Gasteiger charge is -2.29. The van der Waals surface area contributed by atoms with Crippen LogP contribution in [0.4, 0.5) is 4.79 Å². The first-order chi connectivity index (χ1) is 12.3. The number of aromatic hydroxyl groups is 1. The first-order valence-corrected chi connectivity index (χ1v) is 8.26. The minimum atomic E-state index is -0.774. The van der Waals surface area contributed by atoms with E-state index in [1.807, 2.05) is 6.92 Å². The Labute approximate surface area is 152 Å². The molecule has 2 atom stereocenters. The highest BCUT2D eigenvalue weighted by molar-refractivity contribution is 5.95. The van der Waals surface area contributed by atoms with E-state index in [0.29, 0.717) is 17.7 Å². The van der Waals surface area contributed by atoms with E-state index in [0.717, 1.165) is 0 Å². The zero-order valence-electron chi connectivity index (χ0n) is 15.5. The molecule has 8 heteroatoms. The molecule has 0 spiro atoms. The summed E-state index contributed by atoms with van der Waals surface area (Å²) >= 11 is 0. The van der Waals surface area contributed by atoms with Crippen LogP contribution in [0.15, 0.2) is 23.4 Å². The molecule has 3 N–H and O–H groups in total. The summed E-state index contributed by atoms with van der Waals surface area (Å²) in [6.45, 7) is 5.34. The molecule has 1 aliphatic heterocycles. The Kier molecular flexibility index (Phi) is 5.97. The van der Waals surface area contributed by atoms with Crippen LogP contribution >= 0.6 is 0 Å². The predicted molar refractivity (Wildman–Crippen MR) is 94.2 cm³/mol. The number of urea groups is 1. The van der Waals surface area contributed by atoms with Gasteiger partial charge >= 0.3 is 12.0 Å². The van der Waals surface area contributed by atoms with Crippen molar-refractivity contribution in [1.82, 2.24) is 10.6 Å². The van der Waals surface area contributed by atoms with Gasteiger partial charge in [-0.15, -0.1) is 0 Å². The third-order valence-corrected chi connectivity index (χ3v) is 4.21. The van der Waals surface area contributed by atoms with Crippen molar-refractivity contribution < 1.29 is 28.9 Å². The fourth-order valence-corrected chi connectivity index (χ4v) is 2.62. The molecule has 1 aliphatic rings. The quantitative estimate of drug-likeness (QED) is 0.669. The number of phenolic OH excluding ortho intramolecular Hbond substituents is 1. The number of nitrogens with one attached hydrogen (secondary N) is 2. The molecule has 2 rings (SSSR count). The number of methoxy groups -OCH3 is 2. The van der Waals surface area contributed by atoms with E-state index in [1.165, 1.54) is 26.4 Å². The summed E-state index contributed by atoms with van der Waals surface area (Å²) in [4.78, 5) is 24.6. The largest absolute Gasteiger partial charge is 0.502 e. The van der Waals surface area contributed by atoms with Gasteiger partial charge in [0.2, 0.25) is 5.75 Å². The van der Waals surface area contributed by atoms with Gasteiger partial charge in [0.05, 0.1) is 31.9 Å². The Morgan fingerprint density at radius 1 is 1.27 bits per heavy atom. The molecule has 2 amide bonds. The number of esters is 1. The van der Waals surface area contributed by atoms with E-state index < -0.39 is 18.0 Å².